The molecule has 0 bridgehead atoms. The van der Waals surface area contributed by atoms with Crippen molar-refractivity contribution in [3.63, 3.8) is 0 Å². The molecule has 0 heterocycles. The molecule has 3 aromatic carbocycles. The number of nitrogens with two attached hydrogens (primary N) is 1. The fourth-order valence-corrected chi connectivity index (χ4v) is 3.83. The van der Waals surface area contributed by atoms with E-state index in [-0.39, 0.29) is 31.0 Å². The van der Waals surface area contributed by atoms with E-state index in [1.54, 1.807) is 12.1 Å². The first kappa shape index (κ1) is 27.5. The second kappa shape index (κ2) is 13.3. The molecule has 1 unspecified atom stereocenters. The largest absolute Gasteiger partial charge is 0.339 e. The van der Waals surface area contributed by atoms with Crippen molar-refractivity contribution in [3.8, 4) is 0 Å². The number of hydrogen-bond acceptors (Lipinski definition) is 6. The van der Waals surface area contributed by atoms with Crippen LogP contribution in [0.4, 0.5) is 5.69 Å². The Bertz CT molecular complexity index is 1180. The molecule has 3 rings (SSSR count). The van der Waals surface area contributed by atoms with E-state index < -0.39 is 17.9 Å². The quantitative estimate of drug-likeness (QED) is 0.175. The van der Waals surface area contributed by atoms with Crippen LogP contribution in [0, 0.1) is 0 Å². The van der Waals surface area contributed by atoms with Crippen molar-refractivity contribution in [3.05, 3.63) is 101 Å². The molecule has 37 heavy (non-hydrogen) atoms. The van der Waals surface area contributed by atoms with E-state index >= 15 is 0 Å². The standard InChI is InChI=1S/C28H33N5O4/c1-18(20-8-10-23(11-9-20)27(35)32-25(16-29)28(36)33-37)21-12-14-24(15-13-21)31-26(34)17-30-19(2)22-6-4-3-5-7-22/h3-15,18-19,25,30,37H,16-17,29H2,1-2H3,(H,31,34)(H,32,35)(H,33,36)/t18?,19-,25-/m0/s1. The Kier molecular flexibility index (Phi) is 9.91. The highest BCUT2D eigenvalue weighted by Crippen LogP contribution is 2.25. The first-order chi connectivity index (χ1) is 17.8. The van der Waals surface area contributed by atoms with Crippen LogP contribution in [0.25, 0.3) is 0 Å². The number of carbonyl (C=O) groups is 3. The van der Waals surface area contributed by atoms with Gasteiger partial charge >= 0.3 is 0 Å². The molecule has 7 N–H and O–H groups in total. The highest BCUT2D eigenvalue weighted by atomic mass is 16.5. The zero-order valence-corrected chi connectivity index (χ0v) is 20.9. The van der Waals surface area contributed by atoms with Gasteiger partial charge in [0.15, 0.2) is 0 Å². The fourth-order valence-electron chi connectivity index (χ4n) is 3.83. The van der Waals surface area contributed by atoms with E-state index in [2.05, 4.69) is 16.0 Å². The van der Waals surface area contributed by atoms with Crippen LogP contribution < -0.4 is 27.2 Å². The molecule has 0 aliphatic carbocycles. The van der Waals surface area contributed by atoms with Gasteiger partial charge in [-0.1, -0.05) is 61.5 Å². The summed E-state index contributed by atoms with van der Waals surface area (Å²) in [5.41, 5.74) is 11.2. The Labute approximate surface area is 216 Å². The summed E-state index contributed by atoms with van der Waals surface area (Å²) in [7, 11) is 0. The topological polar surface area (TPSA) is 146 Å². The molecule has 9 heteroatoms. The molecule has 0 radical (unpaired) electrons. The molecule has 3 atom stereocenters. The normalized spacial score (nSPS) is 13.2. The maximum Gasteiger partial charge on any atom is 0.267 e. The Morgan fingerprint density at radius 1 is 0.838 bits per heavy atom. The Balaban J connectivity index is 1.54. The van der Waals surface area contributed by atoms with E-state index in [4.69, 9.17) is 10.9 Å². The fraction of sp³-hybridized carbons (Fsp3) is 0.250. The molecule has 0 saturated heterocycles. The van der Waals surface area contributed by atoms with Crippen molar-refractivity contribution < 1.29 is 19.6 Å². The van der Waals surface area contributed by atoms with Crippen LogP contribution in [0.15, 0.2) is 78.9 Å². The summed E-state index contributed by atoms with van der Waals surface area (Å²) < 4.78 is 0. The van der Waals surface area contributed by atoms with Gasteiger partial charge in [-0.15, -0.1) is 0 Å². The monoisotopic (exact) mass is 503 g/mol. The van der Waals surface area contributed by atoms with Crippen molar-refractivity contribution in [1.29, 1.82) is 0 Å². The lowest BCUT2D eigenvalue weighted by Gasteiger charge is -2.16. The van der Waals surface area contributed by atoms with Gasteiger partial charge in [-0.05, 0) is 47.9 Å². The maximum absolute atomic E-state index is 12.4. The average Bonchev–Trinajstić information content (AvgIpc) is 2.94. The lowest BCUT2D eigenvalue weighted by Crippen LogP contribution is -2.50. The summed E-state index contributed by atoms with van der Waals surface area (Å²) >= 11 is 0. The van der Waals surface area contributed by atoms with E-state index in [1.807, 2.05) is 80.6 Å². The van der Waals surface area contributed by atoms with Crippen LogP contribution in [0.1, 0.15) is 52.9 Å². The van der Waals surface area contributed by atoms with Crippen LogP contribution in [0.2, 0.25) is 0 Å². The predicted molar refractivity (Wildman–Crippen MR) is 142 cm³/mol. The molecule has 0 aliphatic rings. The second-order valence-electron chi connectivity index (χ2n) is 8.76. The SMILES string of the molecule is CC(c1ccc(NC(=O)CN[C@@H](C)c2ccccc2)cc1)c1ccc(C(=O)N[C@@H](CN)C(=O)NO)cc1. The van der Waals surface area contributed by atoms with Gasteiger partial charge in [0.2, 0.25) is 5.91 Å². The van der Waals surface area contributed by atoms with Gasteiger partial charge in [0.1, 0.15) is 6.04 Å². The van der Waals surface area contributed by atoms with Gasteiger partial charge in [-0.2, -0.15) is 0 Å². The van der Waals surface area contributed by atoms with Gasteiger partial charge in [0.25, 0.3) is 11.8 Å². The van der Waals surface area contributed by atoms with E-state index in [1.165, 1.54) is 5.48 Å². The van der Waals surface area contributed by atoms with Gasteiger partial charge in [-0.25, -0.2) is 5.48 Å². The Morgan fingerprint density at radius 3 is 2.00 bits per heavy atom. The van der Waals surface area contributed by atoms with Crippen molar-refractivity contribution in [2.24, 2.45) is 5.73 Å². The molecule has 0 fully saturated rings. The molecular formula is C28H33N5O4. The third-order valence-electron chi connectivity index (χ3n) is 6.20. The molecular weight excluding hydrogens is 470 g/mol. The van der Waals surface area contributed by atoms with Crippen molar-refractivity contribution in [2.45, 2.75) is 31.8 Å². The van der Waals surface area contributed by atoms with Crippen molar-refractivity contribution >= 4 is 23.4 Å². The first-order valence-electron chi connectivity index (χ1n) is 12.0. The number of carbonyl (C=O) groups excluding carboxylic acids is 3. The summed E-state index contributed by atoms with van der Waals surface area (Å²) in [4.78, 5) is 36.3. The lowest BCUT2D eigenvalue weighted by molar-refractivity contribution is -0.130. The zero-order valence-electron chi connectivity index (χ0n) is 20.9. The van der Waals surface area contributed by atoms with E-state index in [0.717, 1.165) is 16.7 Å². The molecule has 0 spiro atoms. The van der Waals surface area contributed by atoms with Crippen LogP contribution >= 0.6 is 0 Å². The van der Waals surface area contributed by atoms with Crippen LogP contribution in [-0.2, 0) is 9.59 Å². The number of hydroxylamine groups is 1. The number of rotatable bonds is 11. The maximum atomic E-state index is 12.4. The second-order valence-corrected chi connectivity index (χ2v) is 8.76. The third-order valence-corrected chi connectivity index (χ3v) is 6.20. The number of anilines is 1. The summed E-state index contributed by atoms with van der Waals surface area (Å²) in [5, 5.41) is 17.4. The molecule has 3 aromatic rings. The molecule has 0 aliphatic heterocycles. The van der Waals surface area contributed by atoms with Crippen molar-refractivity contribution in [2.75, 3.05) is 18.4 Å². The first-order valence-corrected chi connectivity index (χ1v) is 12.0. The highest BCUT2D eigenvalue weighted by Gasteiger charge is 2.19. The zero-order chi connectivity index (χ0) is 26.8. The van der Waals surface area contributed by atoms with Gasteiger partial charge in [0.05, 0.1) is 6.54 Å². The minimum atomic E-state index is -1.03. The highest BCUT2D eigenvalue weighted by molar-refractivity contribution is 5.97. The molecule has 0 saturated carbocycles. The van der Waals surface area contributed by atoms with Gasteiger partial charge < -0.3 is 21.7 Å². The van der Waals surface area contributed by atoms with Gasteiger partial charge in [0, 0.05) is 29.8 Å². The number of nitrogens with one attached hydrogen (secondary N) is 4. The number of hydrogen-bond donors (Lipinski definition) is 6. The van der Waals surface area contributed by atoms with Gasteiger partial charge in [-0.3, -0.25) is 19.6 Å². The predicted octanol–water partition coefficient (Wildman–Crippen LogP) is 2.69. The minimum absolute atomic E-state index is 0.0483. The molecule has 194 valence electrons. The summed E-state index contributed by atoms with van der Waals surface area (Å²) in [6.07, 6.45) is 0. The average molecular weight is 504 g/mol. The van der Waals surface area contributed by atoms with E-state index in [0.29, 0.717) is 11.3 Å². The Hall–Kier alpha value is -4.05. The Morgan fingerprint density at radius 2 is 1.43 bits per heavy atom. The smallest absolute Gasteiger partial charge is 0.267 e. The van der Waals surface area contributed by atoms with Crippen LogP contribution in [0.5, 0.6) is 0 Å². The molecule has 9 nitrogen and oxygen atoms in total. The molecule has 3 amide bonds. The van der Waals surface area contributed by atoms with Crippen LogP contribution in [0.3, 0.4) is 0 Å². The molecule has 0 aromatic heterocycles. The number of benzene rings is 3. The van der Waals surface area contributed by atoms with Crippen LogP contribution in [-0.4, -0.2) is 42.1 Å². The van der Waals surface area contributed by atoms with E-state index in [9.17, 15) is 14.4 Å². The summed E-state index contributed by atoms with van der Waals surface area (Å²) in [5.74, 6) is -1.32. The summed E-state index contributed by atoms with van der Waals surface area (Å²) in [6, 6.07) is 23.7. The minimum Gasteiger partial charge on any atom is -0.339 e. The van der Waals surface area contributed by atoms with Crippen molar-refractivity contribution in [1.82, 2.24) is 16.1 Å². The summed E-state index contributed by atoms with van der Waals surface area (Å²) in [6.45, 7) is 4.12. The number of amides is 3. The third kappa shape index (κ3) is 7.71. The lowest BCUT2D eigenvalue weighted by atomic mass is 9.92.